The van der Waals surface area contributed by atoms with Gasteiger partial charge in [0.2, 0.25) is 0 Å². The summed E-state index contributed by atoms with van der Waals surface area (Å²) in [5, 5.41) is 13.3. The minimum Gasteiger partial charge on any atom is -0.468 e. The van der Waals surface area contributed by atoms with E-state index in [0.717, 1.165) is 0 Å². The summed E-state index contributed by atoms with van der Waals surface area (Å²) in [6.45, 7) is 3.81. The van der Waals surface area contributed by atoms with Crippen LogP contribution in [-0.4, -0.2) is 28.8 Å². The molecule has 1 fully saturated rings. The van der Waals surface area contributed by atoms with E-state index in [4.69, 9.17) is 9.15 Å². The van der Waals surface area contributed by atoms with Gasteiger partial charge in [0.25, 0.3) is 0 Å². The van der Waals surface area contributed by atoms with E-state index in [2.05, 4.69) is 5.32 Å². The van der Waals surface area contributed by atoms with Crippen molar-refractivity contribution in [2.75, 3.05) is 7.11 Å². The van der Waals surface area contributed by atoms with Gasteiger partial charge in [0, 0.05) is 4.75 Å². The summed E-state index contributed by atoms with van der Waals surface area (Å²) in [5.41, 5.74) is 0. The lowest BCUT2D eigenvalue weighted by Gasteiger charge is -2.22. The van der Waals surface area contributed by atoms with Crippen LogP contribution in [0.3, 0.4) is 0 Å². The Morgan fingerprint density at radius 3 is 2.79 bits per heavy atom. The quantitative estimate of drug-likeness (QED) is 0.514. The third kappa shape index (κ3) is 2.59. The third-order valence-corrected chi connectivity index (χ3v) is 4.37. The molecule has 1 saturated heterocycles. The molecule has 1 aliphatic heterocycles. The van der Waals surface area contributed by atoms with Gasteiger partial charge in [0.05, 0.1) is 13.2 Å². The van der Waals surface area contributed by atoms with E-state index < -0.39 is 11.0 Å². The maximum absolute atomic E-state index is 11.7. The number of esters is 1. The zero-order valence-electron chi connectivity index (χ0n) is 10.7. The number of nitrogens with one attached hydrogen (secondary N) is 1. The molecule has 104 valence electrons. The van der Waals surface area contributed by atoms with Crippen molar-refractivity contribution in [3.05, 3.63) is 28.0 Å². The second-order valence-electron chi connectivity index (χ2n) is 4.66. The standard InChI is InChI=1S/C11H14N2O5S/c1-11(2)8(10(14)17-3)12-9(19-11)6-4-5-7(18-6)13(15)16/h4-5,8-9,12H,1-3H3/t8-,9-/m0/s1. The first-order valence-electron chi connectivity index (χ1n) is 5.61. The van der Waals surface area contributed by atoms with Crippen molar-refractivity contribution < 1.29 is 18.9 Å². The number of nitrogens with zero attached hydrogens (tertiary/aromatic N) is 1. The molecular weight excluding hydrogens is 272 g/mol. The Morgan fingerprint density at radius 2 is 2.26 bits per heavy atom. The molecule has 0 spiro atoms. The van der Waals surface area contributed by atoms with E-state index in [1.165, 1.54) is 24.9 Å². The number of nitro groups is 1. The summed E-state index contributed by atoms with van der Waals surface area (Å²) in [7, 11) is 1.33. The minimum absolute atomic E-state index is 0.309. The second kappa shape index (κ2) is 4.86. The largest absolute Gasteiger partial charge is 0.468 e. The zero-order valence-corrected chi connectivity index (χ0v) is 11.5. The molecule has 1 aromatic heterocycles. The van der Waals surface area contributed by atoms with Crippen LogP contribution in [-0.2, 0) is 9.53 Å². The molecule has 2 atom stereocenters. The molecular formula is C11H14N2O5S. The molecule has 0 bridgehead atoms. The van der Waals surface area contributed by atoms with Crippen LogP contribution in [0.1, 0.15) is 25.0 Å². The van der Waals surface area contributed by atoms with E-state index in [9.17, 15) is 14.9 Å². The van der Waals surface area contributed by atoms with Crippen LogP contribution in [0.2, 0.25) is 0 Å². The van der Waals surface area contributed by atoms with Crippen LogP contribution in [0, 0.1) is 10.1 Å². The lowest BCUT2D eigenvalue weighted by Crippen LogP contribution is -2.44. The minimum atomic E-state index is -0.591. The van der Waals surface area contributed by atoms with Gasteiger partial charge in [-0.2, -0.15) is 0 Å². The van der Waals surface area contributed by atoms with Crippen LogP contribution in [0.25, 0.3) is 0 Å². The topological polar surface area (TPSA) is 94.6 Å². The molecule has 2 rings (SSSR count). The summed E-state index contributed by atoms with van der Waals surface area (Å²) in [6.07, 6.45) is 0. The van der Waals surface area contributed by atoms with Crippen molar-refractivity contribution >= 4 is 23.6 Å². The van der Waals surface area contributed by atoms with Crippen LogP contribution in [0.15, 0.2) is 16.5 Å². The molecule has 1 aliphatic rings. The normalized spacial score (nSPS) is 25.2. The highest BCUT2D eigenvalue weighted by molar-refractivity contribution is 8.01. The van der Waals surface area contributed by atoms with E-state index in [1.807, 2.05) is 13.8 Å². The fourth-order valence-corrected chi connectivity index (χ4v) is 3.30. The molecule has 0 amide bonds. The lowest BCUT2D eigenvalue weighted by atomic mass is 10.0. The van der Waals surface area contributed by atoms with Crippen LogP contribution in [0.5, 0.6) is 0 Å². The van der Waals surface area contributed by atoms with Crippen molar-refractivity contribution in [3.63, 3.8) is 0 Å². The van der Waals surface area contributed by atoms with Gasteiger partial charge >= 0.3 is 11.9 Å². The highest BCUT2D eigenvalue weighted by atomic mass is 32.2. The van der Waals surface area contributed by atoms with E-state index >= 15 is 0 Å². The maximum Gasteiger partial charge on any atom is 0.433 e. The fourth-order valence-electron chi connectivity index (χ4n) is 1.95. The Kier molecular flexibility index (Phi) is 3.55. The Balaban J connectivity index is 2.19. The highest BCUT2D eigenvalue weighted by Gasteiger charge is 2.47. The molecule has 7 nitrogen and oxygen atoms in total. The van der Waals surface area contributed by atoms with Crippen molar-refractivity contribution in [3.8, 4) is 0 Å². The molecule has 19 heavy (non-hydrogen) atoms. The maximum atomic E-state index is 11.7. The number of ether oxygens (including phenoxy) is 1. The number of hydrogen-bond donors (Lipinski definition) is 1. The van der Waals surface area contributed by atoms with Gasteiger partial charge in [-0.25, -0.2) is 0 Å². The molecule has 0 saturated carbocycles. The number of thioether (sulfide) groups is 1. The smallest absolute Gasteiger partial charge is 0.433 e. The summed E-state index contributed by atoms with van der Waals surface area (Å²) >= 11 is 1.47. The number of carbonyl (C=O) groups is 1. The first-order chi connectivity index (χ1) is 8.85. The number of carbonyl (C=O) groups excluding carboxylic acids is 1. The Hall–Kier alpha value is -1.54. The van der Waals surface area contributed by atoms with E-state index in [1.54, 1.807) is 6.07 Å². The van der Waals surface area contributed by atoms with E-state index in [0.29, 0.717) is 5.76 Å². The zero-order chi connectivity index (χ0) is 14.2. The number of rotatable bonds is 3. The summed E-state index contributed by atoms with van der Waals surface area (Å²) < 4.78 is 9.50. The van der Waals surface area contributed by atoms with Crippen LogP contribution in [0.4, 0.5) is 5.88 Å². The van der Waals surface area contributed by atoms with Crippen LogP contribution < -0.4 is 5.32 Å². The monoisotopic (exact) mass is 286 g/mol. The second-order valence-corrected chi connectivity index (χ2v) is 6.42. The molecule has 8 heteroatoms. The molecule has 0 unspecified atom stereocenters. The molecule has 1 N–H and O–H groups in total. The average molecular weight is 286 g/mol. The van der Waals surface area contributed by atoms with Gasteiger partial charge in [-0.15, -0.1) is 11.8 Å². The van der Waals surface area contributed by atoms with Crippen molar-refractivity contribution in [2.45, 2.75) is 30.0 Å². The van der Waals surface area contributed by atoms with Gasteiger partial charge in [-0.05, 0) is 19.9 Å². The molecule has 0 radical (unpaired) electrons. The molecule has 2 heterocycles. The predicted octanol–water partition coefficient (Wildman–Crippen LogP) is 1.84. The van der Waals surface area contributed by atoms with Gasteiger partial charge < -0.3 is 9.15 Å². The van der Waals surface area contributed by atoms with Gasteiger partial charge in [0.15, 0.2) is 0 Å². The number of furan rings is 1. The molecule has 0 aromatic carbocycles. The van der Waals surface area contributed by atoms with Gasteiger partial charge in [-0.1, -0.05) is 0 Å². The summed E-state index contributed by atoms with van der Waals surface area (Å²) in [5.74, 6) is -0.242. The van der Waals surface area contributed by atoms with Gasteiger partial charge in [0.1, 0.15) is 22.1 Å². The van der Waals surface area contributed by atoms with Crippen molar-refractivity contribution in [1.29, 1.82) is 0 Å². The number of methoxy groups -OCH3 is 1. The third-order valence-electron chi connectivity index (χ3n) is 2.92. The Bertz CT molecular complexity index is 513. The SMILES string of the molecule is COC(=O)[C@@H]1N[C@H](c2ccc([N+](=O)[O-])o2)SC1(C)C. The van der Waals surface area contributed by atoms with Crippen LogP contribution >= 0.6 is 11.8 Å². The Morgan fingerprint density at radius 1 is 1.58 bits per heavy atom. The van der Waals surface area contributed by atoms with Gasteiger partial charge in [-0.3, -0.25) is 20.2 Å². The number of hydrogen-bond acceptors (Lipinski definition) is 7. The molecule has 0 aliphatic carbocycles. The lowest BCUT2D eigenvalue weighted by molar-refractivity contribution is -0.402. The van der Waals surface area contributed by atoms with Crippen molar-refractivity contribution in [1.82, 2.24) is 5.32 Å². The predicted molar refractivity (Wildman–Crippen MR) is 68.7 cm³/mol. The highest BCUT2D eigenvalue weighted by Crippen LogP contribution is 2.46. The molecule has 1 aromatic rings. The first-order valence-corrected chi connectivity index (χ1v) is 6.49. The van der Waals surface area contributed by atoms with Crippen molar-refractivity contribution in [2.24, 2.45) is 0 Å². The first kappa shape index (κ1) is 13.9. The summed E-state index contributed by atoms with van der Waals surface area (Å²) in [6, 6.07) is 2.35. The summed E-state index contributed by atoms with van der Waals surface area (Å²) in [4.78, 5) is 21.7. The average Bonchev–Trinajstić information content (AvgIpc) is 2.92. The Labute approximate surface area is 113 Å². The fraction of sp³-hybridized carbons (Fsp3) is 0.545. The van der Waals surface area contributed by atoms with E-state index in [-0.39, 0.29) is 22.0 Å².